The summed E-state index contributed by atoms with van der Waals surface area (Å²) in [5.74, 6) is 1.18. The third kappa shape index (κ3) is 5.65. The van der Waals surface area contributed by atoms with E-state index < -0.39 is 0 Å². The Morgan fingerprint density at radius 3 is 2.44 bits per heavy atom. The molecular formula is C20H19N3O3S. The van der Waals surface area contributed by atoms with Gasteiger partial charge in [0.05, 0.1) is 7.11 Å². The molecule has 0 saturated heterocycles. The van der Waals surface area contributed by atoms with Crippen molar-refractivity contribution in [3.8, 4) is 11.5 Å². The van der Waals surface area contributed by atoms with Gasteiger partial charge in [0.1, 0.15) is 16.5 Å². The van der Waals surface area contributed by atoms with Crippen molar-refractivity contribution in [3.63, 3.8) is 0 Å². The van der Waals surface area contributed by atoms with Crippen molar-refractivity contribution in [2.45, 2.75) is 6.92 Å². The fourth-order valence-electron chi connectivity index (χ4n) is 2.17. The Hall–Kier alpha value is -3.19. The molecule has 1 amide bonds. The van der Waals surface area contributed by atoms with E-state index in [1.54, 1.807) is 7.11 Å². The number of amides is 1. The van der Waals surface area contributed by atoms with E-state index in [1.807, 2.05) is 67.6 Å². The molecule has 138 valence electrons. The second kappa shape index (κ2) is 8.95. The van der Waals surface area contributed by atoms with Crippen LogP contribution in [0.25, 0.3) is 12.2 Å². The summed E-state index contributed by atoms with van der Waals surface area (Å²) >= 11 is 1.29. The lowest BCUT2D eigenvalue weighted by Crippen LogP contribution is -2.20. The molecule has 3 aromatic rings. The lowest BCUT2D eigenvalue weighted by atomic mass is 10.2. The molecule has 0 saturated carbocycles. The van der Waals surface area contributed by atoms with Crippen LogP contribution in [-0.2, 0) is 4.79 Å². The highest BCUT2D eigenvalue weighted by atomic mass is 32.1. The van der Waals surface area contributed by atoms with Gasteiger partial charge in [-0.3, -0.25) is 10.1 Å². The molecule has 27 heavy (non-hydrogen) atoms. The second-order valence-electron chi connectivity index (χ2n) is 5.70. The van der Waals surface area contributed by atoms with E-state index in [1.165, 1.54) is 11.3 Å². The molecular weight excluding hydrogens is 362 g/mol. The van der Waals surface area contributed by atoms with Crippen LogP contribution in [0.15, 0.2) is 48.5 Å². The van der Waals surface area contributed by atoms with Crippen molar-refractivity contribution in [3.05, 3.63) is 64.7 Å². The van der Waals surface area contributed by atoms with Gasteiger partial charge in [-0.1, -0.05) is 47.2 Å². The lowest BCUT2D eigenvalue weighted by Gasteiger charge is -2.05. The Kier molecular flexibility index (Phi) is 6.17. The third-order valence-corrected chi connectivity index (χ3v) is 4.42. The molecule has 7 heteroatoms. The number of aromatic nitrogens is 2. The molecule has 2 aromatic carbocycles. The summed E-state index contributed by atoms with van der Waals surface area (Å²) in [5.41, 5.74) is 2.15. The molecule has 0 aliphatic rings. The van der Waals surface area contributed by atoms with Gasteiger partial charge in [0.25, 0.3) is 5.91 Å². The van der Waals surface area contributed by atoms with Gasteiger partial charge < -0.3 is 9.47 Å². The fourth-order valence-corrected chi connectivity index (χ4v) is 2.84. The number of nitrogens with one attached hydrogen (secondary N) is 1. The number of ether oxygens (including phenoxy) is 2. The number of carbonyl (C=O) groups is 1. The molecule has 0 spiro atoms. The van der Waals surface area contributed by atoms with Crippen molar-refractivity contribution >= 4 is 34.5 Å². The molecule has 1 heterocycles. The molecule has 1 N–H and O–H groups in total. The van der Waals surface area contributed by atoms with Crippen molar-refractivity contribution in [1.29, 1.82) is 0 Å². The number of methoxy groups -OCH3 is 1. The summed E-state index contributed by atoms with van der Waals surface area (Å²) in [6.07, 6.45) is 3.77. The van der Waals surface area contributed by atoms with E-state index in [9.17, 15) is 4.79 Å². The average molecular weight is 381 g/mol. The molecule has 0 bridgehead atoms. The van der Waals surface area contributed by atoms with Crippen molar-refractivity contribution in [2.24, 2.45) is 0 Å². The summed E-state index contributed by atoms with van der Waals surface area (Å²) in [5, 5.41) is 11.8. The highest BCUT2D eigenvalue weighted by molar-refractivity contribution is 7.16. The number of carbonyl (C=O) groups excluding carboxylic acids is 1. The van der Waals surface area contributed by atoms with E-state index >= 15 is 0 Å². The van der Waals surface area contributed by atoms with Crippen LogP contribution < -0.4 is 14.8 Å². The molecule has 0 radical (unpaired) electrons. The standard InChI is InChI=1S/C20H19N3O3S/c1-14-3-8-17(9-4-14)26-13-18(24)21-20-23-22-19(27-20)12-7-15-5-10-16(25-2)11-6-15/h3-12H,13H2,1-2H3,(H,21,23,24)/b12-7+. The minimum atomic E-state index is -0.280. The number of hydrogen-bond acceptors (Lipinski definition) is 6. The van der Waals surface area contributed by atoms with Crippen LogP contribution in [0.2, 0.25) is 0 Å². The Morgan fingerprint density at radius 1 is 1.04 bits per heavy atom. The minimum Gasteiger partial charge on any atom is -0.497 e. The SMILES string of the molecule is COc1ccc(/C=C/c2nnc(NC(=O)COc3ccc(C)cc3)s2)cc1. The van der Waals surface area contributed by atoms with Crippen molar-refractivity contribution in [2.75, 3.05) is 19.0 Å². The number of anilines is 1. The molecule has 0 unspecified atom stereocenters. The zero-order chi connectivity index (χ0) is 19.1. The van der Waals surface area contributed by atoms with Crippen LogP contribution in [0.1, 0.15) is 16.1 Å². The fraction of sp³-hybridized carbons (Fsp3) is 0.150. The summed E-state index contributed by atoms with van der Waals surface area (Å²) in [6, 6.07) is 15.2. The maximum absolute atomic E-state index is 12.0. The van der Waals surface area contributed by atoms with E-state index in [2.05, 4.69) is 15.5 Å². The smallest absolute Gasteiger partial charge is 0.264 e. The van der Waals surface area contributed by atoms with Crippen LogP contribution in [-0.4, -0.2) is 29.8 Å². The first kappa shape index (κ1) is 18.6. The number of hydrogen-bond donors (Lipinski definition) is 1. The van der Waals surface area contributed by atoms with Crippen LogP contribution in [0.4, 0.5) is 5.13 Å². The summed E-state index contributed by atoms with van der Waals surface area (Å²) in [7, 11) is 1.63. The van der Waals surface area contributed by atoms with Crippen LogP contribution in [0.3, 0.4) is 0 Å². The number of benzene rings is 2. The number of aryl methyl sites for hydroxylation is 1. The predicted molar refractivity (Wildman–Crippen MR) is 107 cm³/mol. The quantitative estimate of drug-likeness (QED) is 0.669. The highest BCUT2D eigenvalue weighted by Crippen LogP contribution is 2.19. The maximum atomic E-state index is 12.0. The van der Waals surface area contributed by atoms with Gasteiger partial charge in [-0.05, 0) is 42.8 Å². The van der Waals surface area contributed by atoms with Gasteiger partial charge in [-0.2, -0.15) is 0 Å². The molecule has 3 rings (SSSR count). The Labute approximate surface area is 161 Å². The van der Waals surface area contributed by atoms with Gasteiger partial charge in [-0.25, -0.2) is 0 Å². The normalized spacial score (nSPS) is 10.7. The van der Waals surface area contributed by atoms with E-state index in [4.69, 9.17) is 9.47 Å². The molecule has 0 aliphatic carbocycles. The van der Waals surface area contributed by atoms with Gasteiger partial charge in [0.2, 0.25) is 5.13 Å². The first-order valence-corrected chi connectivity index (χ1v) is 9.09. The van der Waals surface area contributed by atoms with E-state index in [0.29, 0.717) is 15.9 Å². The first-order valence-electron chi connectivity index (χ1n) is 8.27. The zero-order valence-corrected chi connectivity index (χ0v) is 15.8. The van der Waals surface area contributed by atoms with E-state index in [0.717, 1.165) is 16.9 Å². The van der Waals surface area contributed by atoms with Gasteiger partial charge >= 0.3 is 0 Å². The zero-order valence-electron chi connectivity index (χ0n) is 15.0. The second-order valence-corrected chi connectivity index (χ2v) is 6.71. The summed E-state index contributed by atoms with van der Waals surface area (Å²) < 4.78 is 10.6. The van der Waals surface area contributed by atoms with Crippen LogP contribution in [0.5, 0.6) is 11.5 Å². The summed E-state index contributed by atoms with van der Waals surface area (Å²) in [4.78, 5) is 12.0. The number of nitrogens with zero attached hydrogens (tertiary/aromatic N) is 2. The van der Waals surface area contributed by atoms with Crippen molar-refractivity contribution < 1.29 is 14.3 Å². The van der Waals surface area contributed by atoms with Gasteiger partial charge in [0, 0.05) is 0 Å². The largest absolute Gasteiger partial charge is 0.497 e. The molecule has 1 aromatic heterocycles. The molecule has 0 aliphatic heterocycles. The lowest BCUT2D eigenvalue weighted by molar-refractivity contribution is -0.118. The van der Waals surface area contributed by atoms with E-state index in [-0.39, 0.29) is 12.5 Å². The monoisotopic (exact) mass is 381 g/mol. The number of rotatable bonds is 7. The predicted octanol–water partition coefficient (Wildman–Crippen LogP) is 4.04. The highest BCUT2D eigenvalue weighted by Gasteiger charge is 2.08. The van der Waals surface area contributed by atoms with Crippen molar-refractivity contribution in [1.82, 2.24) is 10.2 Å². The Bertz CT molecular complexity index is 918. The van der Waals surface area contributed by atoms with Gasteiger partial charge in [0.15, 0.2) is 6.61 Å². The van der Waals surface area contributed by atoms with Gasteiger partial charge in [-0.15, -0.1) is 10.2 Å². The average Bonchev–Trinajstić information content (AvgIpc) is 3.13. The first-order chi connectivity index (χ1) is 13.1. The Morgan fingerprint density at radius 2 is 1.74 bits per heavy atom. The topological polar surface area (TPSA) is 73.3 Å². The Balaban J connectivity index is 1.51. The minimum absolute atomic E-state index is 0.0837. The van der Waals surface area contributed by atoms with Crippen LogP contribution in [0, 0.1) is 6.92 Å². The summed E-state index contributed by atoms with van der Waals surface area (Å²) in [6.45, 7) is 1.91. The van der Waals surface area contributed by atoms with Crippen LogP contribution >= 0.6 is 11.3 Å². The molecule has 0 fully saturated rings. The maximum Gasteiger partial charge on any atom is 0.264 e. The molecule has 0 atom stereocenters. The molecule has 6 nitrogen and oxygen atoms in total. The third-order valence-electron chi connectivity index (χ3n) is 3.61.